The van der Waals surface area contributed by atoms with Gasteiger partial charge in [-0.05, 0) is 19.1 Å². The zero-order chi connectivity index (χ0) is 13.8. The number of halogens is 1. The molecule has 1 unspecified atom stereocenters. The molecular formula is C14H18FN3O. The largest absolute Gasteiger partial charge is 0.496 e. The molecule has 0 bridgehead atoms. The first-order chi connectivity index (χ1) is 9.11. The van der Waals surface area contributed by atoms with Crippen molar-refractivity contribution in [1.82, 2.24) is 15.1 Å². The molecule has 0 aliphatic rings. The summed E-state index contributed by atoms with van der Waals surface area (Å²) in [6, 6.07) is 4.71. The summed E-state index contributed by atoms with van der Waals surface area (Å²) in [5.74, 6) is 0.303. The second kappa shape index (κ2) is 5.84. The molecule has 4 nitrogen and oxygen atoms in total. The van der Waals surface area contributed by atoms with Crippen molar-refractivity contribution in [2.75, 3.05) is 7.11 Å². The fraction of sp³-hybridized carbons (Fsp3) is 0.357. The molecule has 1 N–H and O–H groups in total. The highest BCUT2D eigenvalue weighted by Gasteiger charge is 2.16. The van der Waals surface area contributed by atoms with E-state index in [4.69, 9.17) is 4.74 Å². The van der Waals surface area contributed by atoms with E-state index >= 15 is 0 Å². The Hall–Kier alpha value is -1.88. The van der Waals surface area contributed by atoms with Gasteiger partial charge >= 0.3 is 0 Å². The van der Waals surface area contributed by atoms with Gasteiger partial charge in [0.2, 0.25) is 0 Å². The van der Waals surface area contributed by atoms with Crippen LogP contribution >= 0.6 is 0 Å². The van der Waals surface area contributed by atoms with E-state index in [1.807, 2.05) is 20.2 Å². The van der Waals surface area contributed by atoms with Gasteiger partial charge in [0.15, 0.2) is 0 Å². The first kappa shape index (κ1) is 13.5. The van der Waals surface area contributed by atoms with Crippen LogP contribution in [0.2, 0.25) is 0 Å². The van der Waals surface area contributed by atoms with Crippen molar-refractivity contribution in [3.63, 3.8) is 0 Å². The minimum absolute atomic E-state index is 0.142. The Labute approximate surface area is 112 Å². The van der Waals surface area contributed by atoms with Gasteiger partial charge in [0.25, 0.3) is 0 Å². The molecule has 0 saturated heterocycles. The van der Waals surface area contributed by atoms with E-state index in [0.29, 0.717) is 17.9 Å². The first-order valence-corrected chi connectivity index (χ1v) is 6.15. The maximum atomic E-state index is 13.9. The molecule has 0 aliphatic carbocycles. The van der Waals surface area contributed by atoms with Gasteiger partial charge in [-0.1, -0.05) is 6.07 Å². The number of benzene rings is 1. The Bertz CT molecular complexity index is 553. The second-order valence-electron chi connectivity index (χ2n) is 4.48. The molecule has 0 radical (unpaired) electrons. The second-order valence-corrected chi connectivity index (χ2v) is 4.48. The van der Waals surface area contributed by atoms with Crippen molar-refractivity contribution in [2.24, 2.45) is 7.05 Å². The highest BCUT2D eigenvalue weighted by molar-refractivity contribution is 5.36. The summed E-state index contributed by atoms with van der Waals surface area (Å²) in [5, 5.41) is 7.37. The smallest absolute Gasteiger partial charge is 0.131 e. The molecular weight excluding hydrogens is 245 g/mol. The molecule has 0 fully saturated rings. The van der Waals surface area contributed by atoms with E-state index in [-0.39, 0.29) is 11.9 Å². The van der Waals surface area contributed by atoms with Crippen molar-refractivity contribution in [3.8, 4) is 5.75 Å². The molecule has 2 aromatic rings. The molecule has 19 heavy (non-hydrogen) atoms. The molecule has 102 valence electrons. The number of methoxy groups -OCH3 is 1. The summed E-state index contributed by atoms with van der Waals surface area (Å²) in [5.41, 5.74) is 1.61. The van der Waals surface area contributed by atoms with Gasteiger partial charge in [-0.2, -0.15) is 5.10 Å². The Kier molecular flexibility index (Phi) is 4.16. The summed E-state index contributed by atoms with van der Waals surface area (Å²) < 4.78 is 20.8. The Balaban J connectivity index is 2.09. The molecule has 1 atom stereocenters. The van der Waals surface area contributed by atoms with Crippen molar-refractivity contribution in [1.29, 1.82) is 0 Å². The van der Waals surface area contributed by atoms with Crippen LogP contribution in [0.3, 0.4) is 0 Å². The molecule has 0 amide bonds. The zero-order valence-electron chi connectivity index (χ0n) is 11.4. The standard InChI is InChI=1S/C14H18FN3O/c1-10(16-7-11-8-17-18(2)9-11)14-12(15)5-4-6-13(14)19-3/h4-6,8-10,16H,7H2,1-3H3. The summed E-state index contributed by atoms with van der Waals surface area (Å²) in [7, 11) is 3.42. The van der Waals surface area contributed by atoms with Crippen LogP contribution in [-0.2, 0) is 13.6 Å². The van der Waals surface area contributed by atoms with E-state index in [1.165, 1.54) is 6.07 Å². The number of nitrogens with zero attached hydrogens (tertiary/aromatic N) is 2. The predicted molar refractivity (Wildman–Crippen MR) is 71.4 cm³/mol. The minimum atomic E-state index is -0.259. The molecule has 2 rings (SSSR count). The molecule has 5 heteroatoms. The van der Waals surface area contributed by atoms with Crippen LogP contribution in [0, 0.1) is 5.82 Å². The highest BCUT2D eigenvalue weighted by atomic mass is 19.1. The number of hydrogen-bond acceptors (Lipinski definition) is 3. The first-order valence-electron chi connectivity index (χ1n) is 6.15. The van der Waals surface area contributed by atoms with Crippen molar-refractivity contribution >= 4 is 0 Å². The van der Waals surface area contributed by atoms with Gasteiger partial charge in [-0.15, -0.1) is 0 Å². The highest BCUT2D eigenvalue weighted by Crippen LogP contribution is 2.27. The van der Waals surface area contributed by atoms with Crippen LogP contribution < -0.4 is 10.1 Å². The van der Waals surface area contributed by atoms with Crippen LogP contribution in [0.1, 0.15) is 24.1 Å². The van der Waals surface area contributed by atoms with Crippen LogP contribution in [-0.4, -0.2) is 16.9 Å². The molecule has 0 saturated carbocycles. The lowest BCUT2D eigenvalue weighted by atomic mass is 10.1. The topological polar surface area (TPSA) is 39.1 Å². The number of ether oxygens (including phenoxy) is 1. The summed E-state index contributed by atoms with van der Waals surface area (Å²) >= 11 is 0. The van der Waals surface area contributed by atoms with E-state index in [2.05, 4.69) is 10.4 Å². The average Bonchev–Trinajstić information content (AvgIpc) is 2.81. The predicted octanol–water partition coefficient (Wildman–Crippen LogP) is 2.42. The van der Waals surface area contributed by atoms with E-state index < -0.39 is 0 Å². The maximum Gasteiger partial charge on any atom is 0.131 e. The summed E-state index contributed by atoms with van der Waals surface area (Å²) in [6.07, 6.45) is 3.72. The summed E-state index contributed by atoms with van der Waals surface area (Å²) in [6.45, 7) is 2.55. The molecule has 1 aromatic heterocycles. The fourth-order valence-electron chi connectivity index (χ4n) is 2.05. The minimum Gasteiger partial charge on any atom is -0.496 e. The zero-order valence-corrected chi connectivity index (χ0v) is 11.4. The third-order valence-corrected chi connectivity index (χ3v) is 3.04. The lowest BCUT2D eigenvalue weighted by molar-refractivity contribution is 0.393. The third-order valence-electron chi connectivity index (χ3n) is 3.04. The summed E-state index contributed by atoms with van der Waals surface area (Å²) in [4.78, 5) is 0. The number of rotatable bonds is 5. The van der Waals surface area contributed by atoms with Crippen molar-refractivity contribution < 1.29 is 9.13 Å². The maximum absolute atomic E-state index is 13.9. The van der Waals surface area contributed by atoms with E-state index in [9.17, 15) is 4.39 Å². The van der Waals surface area contributed by atoms with Crippen LogP contribution in [0.4, 0.5) is 4.39 Å². The van der Waals surface area contributed by atoms with Gasteiger partial charge in [-0.25, -0.2) is 4.39 Å². The average molecular weight is 263 g/mol. The van der Waals surface area contributed by atoms with E-state index in [0.717, 1.165) is 5.56 Å². The van der Waals surface area contributed by atoms with Gasteiger partial charge < -0.3 is 10.1 Å². The lowest BCUT2D eigenvalue weighted by Gasteiger charge is -2.17. The molecule has 1 aromatic carbocycles. The lowest BCUT2D eigenvalue weighted by Crippen LogP contribution is -2.19. The fourth-order valence-corrected chi connectivity index (χ4v) is 2.05. The monoisotopic (exact) mass is 263 g/mol. The SMILES string of the molecule is COc1cccc(F)c1C(C)NCc1cnn(C)c1. The van der Waals surface area contributed by atoms with Crippen LogP contribution in [0.5, 0.6) is 5.75 Å². The Morgan fingerprint density at radius 3 is 2.89 bits per heavy atom. The normalized spacial score (nSPS) is 12.4. The van der Waals surface area contributed by atoms with Gasteiger partial charge in [-0.3, -0.25) is 4.68 Å². The van der Waals surface area contributed by atoms with Crippen molar-refractivity contribution in [3.05, 3.63) is 47.5 Å². The molecule has 0 aliphatic heterocycles. The quantitative estimate of drug-likeness (QED) is 0.900. The van der Waals surface area contributed by atoms with E-state index in [1.54, 1.807) is 30.1 Å². The Morgan fingerprint density at radius 1 is 1.47 bits per heavy atom. The molecule has 0 spiro atoms. The third kappa shape index (κ3) is 3.12. The van der Waals surface area contributed by atoms with Gasteiger partial charge in [0, 0.05) is 37.0 Å². The number of nitrogens with one attached hydrogen (secondary N) is 1. The number of aromatic nitrogens is 2. The van der Waals surface area contributed by atoms with Crippen LogP contribution in [0.15, 0.2) is 30.6 Å². The number of hydrogen-bond donors (Lipinski definition) is 1. The van der Waals surface area contributed by atoms with Gasteiger partial charge in [0.1, 0.15) is 11.6 Å². The van der Waals surface area contributed by atoms with Crippen LogP contribution in [0.25, 0.3) is 0 Å². The molecule has 1 heterocycles. The number of aryl methyl sites for hydroxylation is 1. The van der Waals surface area contributed by atoms with Crippen molar-refractivity contribution in [2.45, 2.75) is 19.5 Å². The van der Waals surface area contributed by atoms with Gasteiger partial charge in [0.05, 0.1) is 13.3 Å². The Morgan fingerprint density at radius 2 is 2.26 bits per heavy atom.